The highest BCUT2D eigenvalue weighted by atomic mass is 35.5. The summed E-state index contributed by atoms with van der Waals surface area (Å²) in [7, 11) is 0. The first-order chi connectivity index (χ1) is 17.7. The van der Waals surface area contributed by atoms with Crippen molar-refractivity contribution in [1.82, 2.24) is 4.90 Å². The molecule has 3 aromatic carbocycles. The van der Waals surface area contributed by atoms with Crippen molar-refractivity contribution in [1.29, 1.82) is 5.26 Å². The fraction of sp³-hybridized carbons (Fsp3) is 0.286. The normalized spacial score (nSPS) is 17.8. The summed E-state index contributed by atoms with van der Waals surface area (Å²) in [4.78, 5) is 17.2. The Morgan fingerprint density at radius 1 is 1.11 bits per heavy atom. The number of piperazine rings is 1. The number of hydrogen-bond acceptors (Lipinski definition) is 6. The highest BCUT2D eigenvalue weighted by Crippen LogP contribution is 2.38. The van der Waals surface area contributed by atoms with Crippen LogP contribution < -0.4 is 9.64 Å². The third kappa shape index (κ3) is 6.24. The molecule has 0 aromatic heterocycles. The molecule has 37 heavy (non-hydrogen) atoms. The molecule has 0 aliphatic carbocycles. The predicted octanol–water partition coefficient (Wildman–Crippen LogP) is 4.53. The standard InChI is InChI=1S/C28H27Cl2N3O4/c1-28(36,21-6-2-19(15-31)3-7-21)18-32-16-26(20-4-8-22(29)9-5-20)33(27(35)17-32)25-11-10-23(14-24(25)30)37-13-12-34/h2-11,14,26,34,36H,12-13,16-18H2,1H3/t26-,28+/m0/s1. The Morgan fingerprint density at radius 2 is 1.81 bits per heavy atom. The van der Waals surface area contributed by atoms with Crippen LogP contribution in [0.1, 0.15) is 29.7 Å². The second kappa shape index (κ2) is 11.5. The van der Waals surface area contributed by atoms with Gasteiger partial charge in [-0.2, -0.15) is 5.26 Å². The second-order valence-corrected chi connectivity index (χ2v) is 9.99. The van der Waals surface area contributed by atoms with E-state index in [0.717, 1.165) is 5.56 Å². The van der Waals surface area contributed by atoms with Crippen molar-refractivity contribution >= 4 is 34.8 Å². The number of aliphatic hydroxyl groups excluding tert-OH is 1. The van der Waals surface area contributed by atoms with Crippen molar-refractivity contribution < 1.29 is 19.7 Å². The molecule has 1 heterocycles. The average Bonchev–Trinajstić information content (AvgIpc) is 2.88. The number of β-amino-alcohol motifs (C(OH)–C–C–N with tert-alkyl or cyclic N) is 1. The van der Waals surface area contributed by atoms with Crippen LogP contribution in [0.5, 0.6) is 5.75 Å². The number of amides is 1. The molecular weight excluding hydrogens is 513 g/mol. The lowest BCUT2D eigenvalue weighted by Gasteiger charge is -2.43. The van der Waals surface area contributed by atoms with E-state index >= 15 is 0 Å². The fourth-order valence-electron chi connectivity index (χ4n) is 4.56. The Hall–Kier alpha value is -3.12. The number of rotatable bonds is 8. The first-order valence-corrected chi connectivity index (χ1v) is 12.5. The summed E-state index contributed by atoms with van der Waals surface area (Å²) in [6.45, 7) is 2.45. The number of anilines is 1. The molecule has 2 N–H and O–H groups in total. The maximum Gasteiger partial charge on any atom is 0.241 e. The summed E-state index contributed by atoms with van der Waals surface area (Å²) in [5.74, 6) is 0.322. The number of benzene rings is 3. The van der Waals surface area contributed by atoms with Crippen molar-refractivity contribution in [3.8, 4) is 11.8 Å². The van der Waals surface area contributed by atoms with E-state index in [4.69, 9.17) is 38.3 Å². The zero-order valence-electron chi connectivity index (χ0n) is 20.3. The van der Waals surface area contributed by atoms with E-state index in [0.29, 0.717) is 39.2 Å². The minimum atomic E-state index is -1.25. The Bertz CT molecular complexity index is 1290. The van der Waals surface area contributed by atoms with Crippen LogP contribution in [-0.4, -0.2) is 53.9 Å². The second-order valence-electron chi connectivity index (χ2n) is 9.15. The third-order valence-electron chi connectivity index (χ3n) is 6.33. The number of hydrogen-bond donors (Lipinski definition) is 2. The van der Waals surface area contributed by atoms with Crippen LogP contribution in [0.15, 0.2) is 66.7 Å². The van der Waals surface area contributed by atoms with E-state index in [1.165, 1.54) is 0 Å². The van der Waals surface area contributed by atoms with Gasteiger partial charge in [0.1, 0.15) is 12.4 Å². The number of aliphatic hydroxyl groups is 2. The average molecular weight is 540 g/mol. The van der Waals surface area contributed by atoms with E-state index in [1.54, 1.807) is 66.4 Å². The van der Waals surface area contributed by atoms with Crippen LogP contribution in [0.25, 0.3) is 0 Å². The maximum absolute atomic E-state index is 13.6. The zero-order valence-corrected chi connectivity index (χ0v) is 21.8. The van der Waals surface area contributed by atoms with Crippen molar-refractivity contribution in [2.75, 3.05) is 37.7 Å². The van der Waals surface area contributed by atoms with Crippen molar-refractivity contribution in [3.63, 3.8) is 0 Å². The molecule has 1 aliphatic rings. The maximum atomic E-state index is 13.6. The van der Waals surface area contributed by atoms with Gasteiger partial charge < -0.3 is 19.8 Å². The van der Waals surface area contributed by atoms with Gasteiger partial charge in [-0.1, -0.05) is 47.5 Å². The molecule has 2 atom stereocenters. The Labute approximate surface area is 226 Å². The summed E-state index contributed by atoms with van der Waals surface area (Å²) >= 11 is 12.7. The molecule has 0 unspecified atom stereocenters. The first-order valence-electron chi connectivity index (χ1n) is 11.8. The Balaban J connectivity index is 1.64. The lowest BCUT2D eigenvalue weighted by Crippen LogP contribution is -2.55. The molecule has 192 valence electrons. The molecule has 0 spiro atoms. The summed E-state index contributed by atoms with van der Waals surface area (Å²) in [6.07, 6.45) is 0. The SMILES string of the molecule is C[C@@](O)(CN1CC(=O)N(c2ccc(OCCO)cc2Cl)[C@H](c2ccc(Cl)cc2)C1)c1ccc(C#N)cc1. The van der Waals surface area contributed by atoms with E-state index in [2.05, 4.69) is 6.07 Å². The lowest BCUT2D eigenvalue weighted by atomic mass is 9.93. The van der Waals surface area contributed by atoms with Gasteiger partial charge in [0.2, 0.25) is 5.91 Å². The Morgan fingerprint density at radius 3 is 2.43 bits per heavy atom. The highest BCUT2D eigenvalue weighted by molar-refractivity contribution is 6.34. The number of nitriles is 1. The van der Waals surface area contributed by atoms with E-state index in [-0.39, 0.29) is 32.2 Å². The number of carbonyl (C=O) groups is 1. The van der Waals surface area contributed by atoms with Crippen molar-refractivity contribution in [2.45, 2.75) is 18.6 Å². The largest absolute Gasteiger partial charge is 0.491 e. The van der Waals surface area contributed by atoms with Gasteiger partial charge in [-0.25, -0.2) is 0 Å². The van der Waals surface area contributed by atoms with E-state index in [1.807, 2.05) is 17.0 Å². The monoisotopic (exact) mass is 539 g/mol. The van der Waals surface area contributed by atoms with Crippen LogP contribution in [0.4, 0.5) is 5.69 Å². The number of ether oxygens (including phenoxy) is 1. The molecule has 0 radical (unpaired) electrons. The quantitative estimate of drug-likeness (QED) is 0.436. The molecule has 9 heteroatoms. The van der Waals surface area contributed by atoms with Crippen molar-refractivity contribution in [2.24, 2.45) is 0 Å². The molecule has 0 bridgehead atoms. The Kier molecular flexibility index (Phi) is 8.38. The fourth-order valence-corrected chi connectivity index (χ4v) is 4.95. The third-order valence-corrected chi connectivity index (χ3v) is 6.89. The molecule has 7 nitrogen and oxygen atoms in total. The van der Waals surface area contributed by atoms with Gasteiger partial charge in [0.15, 0.2) is 0 Å². The molecule has 0 saturated carbocycles. The van der Waals surface area contributed by atoms with Crippen LogP contribution in [0, 0.1) is 11.3 Å². The summed E-state index contributed by atoms with van der Waals surface area (Å²) in [6, 6.07) is 20.9. The summed E-state index contributed by atoms with van der Waals surface area (Å²) in [5, 5.41) is 30.3. The van der Waals surface area contributed by atoms with Gasteiger partial charge in [-0.3, -0.25) is 9.69 Å². The smallest absolute Gasteiger partial charge is 0.241 e. The van der Waals surface area contributed by atoms with Gasteiger partial charge in [-0.05, 0) is 54.4 Å². The topological polar surface area (TPSA) is 97.0 Å². The first kappa shape index (κ1) is 26.9. The molecule has 1 aliphatic heterocycles. The van der Waals surface area contributed by atoms with E-state index < -0.39 is 11.6 Å². The van der Waals surface area contributed by atoms with Crippen LogP contribution in [-0.2, 0) is 10.4 Å². The zero-order chi connectivity index (χ0) is 26.6. The molecular formula is C28H27Cl2N3O4. The predicted molar refractivity (Wildman–Crippen MR) is 143 cm³/mol. The minimum Gasteiger partial charge on any atom is -0.491 e. The van der Waals surface area contributed by atoms with Crippen LogP contribution >= 0.6 is 23.2 Å². The van der Waals surface area contributed by atoms with Gasteiger partial charge in [0, 0.05) is 24.2 Å². The van der Waals surface area contributed by atoms with Gasteiger partial charge in [0.25, 0.3) is 0 Å². The summed E-state index contributed by atoms with van der Waals surface area (Å²) in [5.41, 5.74) is 1.34. The van der Waals surface area contributed by atoms with E-state index in [9.17, 15) is 9.90 Å². The van der Waals surface area contributed by atoms with Gasteiger partial charge >= 0.3 is 0 Å². The lowest BCUT2D eigenvalue weighted by molar-refractivity contribution is -0.123. The van der Waals surface area contributed by atoms with Gasteiger partial charge in [0.05, 0.1) is 47.1 Å². The van der Waals surface area contributed by atoms with Crippen LogP contribution in [0.3, 0.4) is 0 Å². The summed E-state index contributed by atoms with van der Waals surface area (Å²) < 4.78 is 5.45. The molecule has 1 saturated heterocycles. The minimum absolute atomic E-state index is 0.0790. The number of carbonyl (C=O) groups excluding carboxylic acids is 1. The highest BCUT2D eigenvalue weighted by Gasteiger charge is 2.38. The van der Waals surface area contributed by atoms with Crippen molar-refractivity contribution in [3.05, 3.63) is 93.5 Å². The number of halogens is 2. The van der Waals surface area contributed by atoms with Crippen LogP contribution in [0.2, 0.25) is 10.0 Å². The molecule has 1 fully saturated rings. The van der Waals surface area contributed by atoms with Gasteiger partial charge in [-0.15, -0.1) is 0 Å². The molecule has 3 aromatic rings. The molecule has 4 rings (SSSR count). The number of nitrogens with zero attached hydrogens (tertiary/aromatic N) is 3. The molecule has 1 amide bonds.